The number of allylic oxidation sites excluding steroid dienone is 1. The third-order valence-electron chi connectivity index (χ3n) is 11.2. The van der Waals surface area contributed by atoms with E-state index in [1.807, 2.05) is 0 Å². The zero-order valence-corrected chi connectivity index (χ0v) is 17.2. The quantitative estimate of drug-likeness (QED) is 0.620. The molecule has 1 spiro atoms. The van der Waals surface area contributed by atoms with Crippen LogP contribution in [0.1, 0.15) is 71.6 Å². The van der Waals surface area contributed by atoms with Gasteiger partial charge >= 0.3 is 5.97 Å². The van der Waals surface area contributed by atoms with Gasteiger partial charge in [-0.05, 0) is 91.9 Å². The van der Waals surface area contributed by atoms with E-state index in [0.29, 0.717) is 24.0 Å². The van der Waals surface area contributed by atoms with Gasteiger partial charge in [-0.15, -0.1) is 0 Å². The first-order chi connectivity index (χ1) is 13.5. The van der Waals surface area contributed by atoms with Crippen molar-refractivity contribution >= 4 is 11.8 Å². The molecule has 1 unspecified atom stereocenters. The van der Waals surface area contributed by atoms with Gasteiger partial charge in [0.2, 0.25) is 0 Å². The maximum atomic E-state index is 12.3. The summed E-state index contributed by atoms with van der Waals surface area (Å²) in [6.07, 6.45) is 11.8. The standard InChI is InChI=1S/C25H32O3/c1-3-24-8-5-17-21(15-11-14(15)18-10-13(26)4-7-23(17,18)2)22(24)16-12-19(16)25(24)9-6-20(27)28-25/h10,14-17,19,21-22H,3-9,11-12H2,1-2H3/t14-,15+,16-,17+,19+,21?,22+,23-,24+,25+/m1/s1. The van der Waals surface area contributed by atoms with Gasteiger partial charge in [0.25, 0.3) is 0 Å². The summed E-state index contributed by atoms with van der Waals surface area (Å²) in [4.78, 5) is 24.5. The molecule has 0 bridgehead atoms. The molecular formula is C25H32O3. The largest absolute Gasteiger partial charge is 0.458 e. The molecule has 6 fully saturated rings. The minimum absolute atomic E-state index is 0.0668. The number of ketones is 1. The molecule has 0 aromatic heterocycles. The van der Waals surface area contributed by atoms with Crippen molar-refractivity contribution < 1.29 is 14.3 Å². The van der Waals surface area contributed by atoms with Gasteiger partial charge in [0.05, 0.1) is 0 Å². The first-order valence-electron chi connectivity index (χ1n) is 11.9. The van der Waals surface area contributed by atoms with Gasteiger partial charge in [0.15, 0.2) is 5.78 Å². The summed E-state index contributed by atoms with van der Waals surface area (Å²) in [5, 5.41) is 0. The van der Waals surface area contributed by atoms with E-state index in [0.717, 1.165) is 48.9 Å². The normalized spacial score (nSPS) is 60.2. The average Bonchev–Trinajstić information content (AvgIpc) is 3.59. The molecule has 5 saturated carbocycles. The molecule has 3 nitrogen and oxygen atoms in total. The Kier molecular flexibility index (Phi) is 2.84. The van der Waals surface area contributed by atoms with Crippen LogP contribution in [-0.4, -0.2) is 17.4 Å². The zero-order chi connectivity index (χ0) is 19.1. The maximum Gasteiger partial charge on any atom is 0.306 e. The number of rotatable bonds is 1. The highest BCUT2D eigenvalue weighted by molar-refractivity contribution is 5.92. The molecule has 1 aliphatic heterocycles. The third kappa shape index (κ3) is 1.61. The van der Waals surface area contributed by atoms with E-state index in [1.54, 1.807) is 0 Å². The first kappa shape index (κ1) is 16.7. The van der Waals surface area contributed by atoms with Gasteiger partial charge in [-0.1, -0.05) is 19.4 Å². The SMILES string of the molecule is CC[C@]12CC[C@H]3C([C@H]4C[C@H]4C4=CC(=O)CC[C@@]43C)[C@@H]1[C@@H]1C[C@@H]1[C@@]21CCC(=O)O1. The number of carbonyl (C=O) groups excluding carboxylic acids is 2. The van der Waals surface area contributed by atoms with Crippen molar-refractivity contribution in [3.05, 3.63) is 11.6 Å². The van der Waals surface area contributed by atoms with Crippen molar-refractivity contribution in [1.29, 1.82) is 0 Å². The van der Waals surface area contributed by atoms with Crippen LogP contribution in [0.25, 0.3) is 0 Å². The van der Waals surface area contributed by atoms with E-state index in [4.69, 9.17) is 4.74 Å². The highest BCUT2D eigenvalue weighted by Gasteiger charge is 2.81. The smallest absolute Gasteiger partial charge is 0.306 e. The molecule has 0 N–H and O–H groups in total. The lowest BCUT2D eigenvalue weighted by atomic mass is 9.44. The molecule has 0 aromatic carbocycles. The van der Waals surface area contributed by atoms with Crippen LogP contribution in [0.3, 0.4) is 0 Å². The molecule has 28 heavy (non-hydrogen) atoms. The highest BCUT2D eigenvalue weighted by Crippen LogP contribution is 2.83. The van der Waals surface area contributed by atoms with Crippen LogP contribution in [0.2, 0.25) is 0 Å². The predicted octanol–water partition coefficient (Wildman–Crippen LogP) is 4.70. The van der Waals surface area contributed by atoms with Gasteiger partial charge in [-0.2, -0.15) is 0 Å². The Hall–Kier alpha value is -1.12. The van der Waals surface area contributed by atoms with Crippen LogP contribution >= 0.6 is 0 Å². The predicted molar refractivity (Wildman–Crippen MR) is 104 cm³/mol. The zero-order valence-electron chi connectivity index (χ0n) is 17.2. The molecule has 0 radical (unpaired) electrons. The second kappa shape index (κ2) is 4.78. The first-order valence-corrected chi connectivity index (χ1v) is 11.9. The van der Waals surface area contributed by atoms with Gasteiger partial charge in [0, 0.05) is 24.2 Å². The van der Waals surface area contributed by atoms with Gasteiger partial charge in [-0.25, -0.2) is 0 Å². The molecule has 7 aliphatic rings. The Morgan fingerprint density at radius 3 is 2.68 bits per heavy atom. The fraction of sp³-hybridized carbons (Fsp3) is 0.840. The van der Waals surface area contributed by atoms with E-state index in [2.05, 4.69) is 19.9 Å². The molecule has 0 amide bonds. The van der Waals surface area contributed by atoms with Crippen LogP contribution in [0, 0.1) is 52.3 Å². The minimum atomic E-state index is -0.122. The highest BCUT2D eigenvalue weighted by atomic mass is 16.6. The Morgan fingerprint density at radius 1 is 1.07 bits per heavy atom. The van der Waals surface area contributed by atoms with Crippen molar-refractivity contribution in [2.45, 2.75) is 77.2 Å². The third-order valence-corrected chi connectivity index (χ3v) is 11.2. The summed E-state index contributed by atoms with van der Waals surface area (Å²) in [6, 6.07) is 0. The lowest BCUT2D eigenvalue weighted by Gasteiger charge is -2.61. The molecule has 0 aromatic rings. The summed E-state index contributed by atoms with van der Waals surface area (Å²) >= 11 is 0. The van der Waals surface area contributed by atoms with E-state index < -0.39 is 0 Å². The van der Waals surface area contributed by atoms with E-state index in [-0.39, 0.29) is 22.4 Å². The lowest BCUT2D eigenvalue weighted by Crippen LogP contribution is -2.58. The monoisotopic (exact) mass is 380 g/mol. The lowest BCUT2D eigenvalue weighted by molar-refractivity contribution is -0.182. The number of hydrogen-bond acceptors (Lipinski definition) is 3. The van der Waals surface area contributed by atoms with Crippen LogP contribution in [0.15, 0.2) is 11.6 Å². The summed E-state index contributed by atoms with van der Waals surface area (Å²) in [5.74, 6) is 5.70. The summed E-state index contributed by atoms with van der Waals surface area (Å²) < 4.78 is 6.31. The number of hydrogen-bond donors (Lipinski definition) is 0. The van der Waals surface area contributed by atoms with Crippen molar-refractivity contribution in [2.24, 2.45) is 52.3 Å². The van der Waals surface area contributed by atoms with Crippen molar-refractivity contribution in [3.8, 4) is 0 Å². The molecule has 6 aliphatic carbocycles. The summed E-state index contributed by atoms with van der Waals surface area (Å²) in [6.45, 7) is 4.88. The maximum absolute atomic E-state index is 12.3. The van der Waals surface area contributed by atoms with Crippen LogP contribution in [-0.2, 0) is 14.3 Å². The Morgan fingerprint density at radius 2 is 1.93 bits per heavy atom. The fourth-order valence-corrected chi connectivity index (χ4v) is 10.2. The van der Waals surface area contributed by atoms with E-state index in [1.165, 1.54) is 37.7 Å². The molecule has 10 atom stereocenters. The number of carbonyl (C=O) groups is 2. The Balaban J connectivity index is 1.35. The average molecular weight is 381 g/mol. The Labute approximate surface area is 167 Å². The van der Waals surface area contributed by atoms with Crippen LogP contribution in [0.5, 0.6) is 0 Å². The van der Waals surface area contributed by atoms with Crippen LogP contribution < -0.4 is 0 Å². The number of esters is 1. The van der Waals surface area contributed by atoms with Crippen molar-refractivity contribution in [1.82, 2.24) is 0 Å². The summed E-state index contributed by atoms with van der Waals surface area (Å²) in [5.41, 5.74) is 1.90. The fourth-order valence-electron chi connectivity index (χ4n) is 10.2. The molecule has 3 heteroatoms. The second-order valence-electron chi connectivity index (χ2n) is 11.6. The number of fused-ring (bicyclic) bond motifs is 12. The van der Waals surface area contributed by atoms with Crippen molar-refractivity contribution in [2.75, 3.05) is 0 Å². The van der Waals surface area contributed by atoms with Crippen molar-refractivity contribution in [3.63, 3.8) is 0 Å². The van der Waals surface area contributed by atoms with Gasteiger partial charge in [0.1, 0.15) is 5.60 Å². The van der Waals surface area contributed by atoms with Crippen LogP contribution in [0.4, 0.5) is 0 Å². The van der Waals surface area contributed by atoms with Gasteiger partial charge in [-0.3, -0.25) is 9.59 Å². The van der Waals surface area contributed by atoms with Gasteiger partial charge < -0.3 is 4.74 Å². The molecule has 1 saturated heterocycles. The molecule has 150 valence electrons. The summed E-state index contributed by atoms with van der Waals surface area (Å²) in [7, 11) is 0. The van der Waals surface area contributed by atoms with E-state index >= 15 is 0 Å². The molecule has 1 heterocycles. The number of ether oxygens (including phenoxy) is 1. The Bertz CT molecular complexity index is 843. The van der Waals surface area contributed by atoms with E-state index in [9.17, 15) is 9.59 Å². The molecular weight excluding hydrogens is 348 g/mol. The topological polar surface area (TPSA) is 43.4 Å². The molecule has 7 rings (SSSR count). The minimum Gasteiger partial charge on any atom is -0.458 e. The second-order valence-corrected chi connectivity index (χ2v) is 11.6.